The fourth-order valence-corrected chi connectivity index (χ4v) is 3.69. The molecule has 2 rings (SSSR count). The van der Waals surface area contributed by atoms with Crippen LogP contribution < -0.4 is 4.72 Å². The minimum atomic E-state index is -3.80. The molecular weight excluding hydrogens is 355 g/mol. The number of rotatable bonds is 3. The molecule has 0 bridgehead atoms. The van der Waals surface area contributed by atoms with Gasteiger partial charge in [-0.2, -0.15) is 5.26 Å². The van der Waals surface area contributed by atoms with Crippen LogP contribution in [0.2, 0.25) is 0 Å². The van der Waals surface area contributed by atoms with Gasteiger partial charge in [0, 0.05) is 0 Å². The Morgan fingerprint density at radius 3 is 2.63 bits per heavy atom. The van der Waals surface area contributed by atoms with Crippen molar-refractivity contribution in [1.82, 2.24) is 0 Å². The summed E-state index contributed by atoms with van der Waals surface area (Å²) in [6.45, 7) is 0. The third kappa shape index (κ3) is 3.12. The van der Waals surface area contributed by atoms with Gasteiger partial charge in [0.15, 0.2) is 0 Å². The summed E-state index contributed by atoms with van der Waals surface area (Å²) in [4.78, 5) is 0.294. The quantitative estimate of drug-likeness (QED) is 0.912. The van der Waals surface area contributed by atoms with Crippen molar-refractivity contribution in [2.45, 2.75) is 4.21 Å². The summed E-state index contributed by atoms with van der Waals surface area (Å²) in [5.74, 6) is -0.566. The normalized spacial score (nSPS) is 11.0. The van der Waals surface area contributed by atoms with E-state index in [1.54, 1.807) is 0 Å². The molecular formula is C11H6BrFN2O2S2. The van der Waals surface area contributed by atoms with Crippen LogP contribution in [0.5, 0.6) is 0 Å². The molecule has 0 amide bonds. The number of benzene rings is 1. The number of halogens is 2. The Morgan fingerprint density at radius 2 is 2.05 bits per heavy atom. The molecule has 8 heteroatoms. The van der Waals surface area contributed by atoms with E-state index in [2.05, 4.69) is 20.7 Å². The molecule has 98 valence electrons. The average molecular weight is 361 g/mol. The largest absolute Gasteiger partial charge is 0.279 e. The summed E-state index contributed by atoms with van der Waals surface area (Å²) in [6.07, 6.45) is 0. The van der Waals surface area contributed by atoms with Crippen LogP contribution in [0.4, 0.5) is 10.1 Å². The molecule has 1 heterocycles. The van der Waals surface area contributed by atoms with Gasteiger partial charge in [0.2, 0.25) is 0 Å². The molecule has 0 radical (unpaired) electrons. The maximum absolute atomic E-state index is 13.3. The first-order valence-corrected chi connectivity index (χ1v) is 7.99. The first-order chi connectivity index (χ1) is 8.92. The van der Waals surface area contributed by atoms with Gasteiger partial charge in [-0.1, -0.05) is 0 Å². The van der Waals surface area contributed by atoms with Crippen molar-refractivity contribution < 1.29 is 12.8 Å². The highest BCUT2D eigenvalue weighted by Crippen LogP contribution is 2.25. The Bertz CT molecular complexity index is 765. The number of nitrogens with one attached hydrogen (secondary N) is 1. The van der Waals surface area contributed by atoms with Crippen LogP contribution in [0.1, 0.15) is 4.88 Å². The van der Waals surface area contributed by atoms with Crippen LogP contribution in [0.25, 0.3) is 0 Å². The Morgan fingerprint density at radius 1 is 1.32 bits per heavy atom. The van der Waals surface area contributed by atoms with Crippen LogP contribution in [0, 0.1) is 17.1 Å². The van der Waals surface area contributed by atoms with Crippen molar-refractivity contribution in [1.29, 1.82) is 5.26 Å². The molecule has 19 heavy (non-hydrogen) atoms. The zero-order chi connectivity index (χ0) is 14.0. The van der Waals surface area contributed by atoms with Crippen molar-refractivity contribution in [2.75, 3.05) is 4.72 Å². The number of hydrogen-bond donors (Lipinski definition) is 1. The van der Waals surface area contributed by atoms with Crippen molar-refractivity contribution in [3.8, 4) is 6.07 Å². The van der Waals surface area contributed by atoms with Crippen molar-refractivity contribution in [3.63, 3.8) is 0 Å². The molecule has 1 aromatic carbocycles. The first-order valence-electron chi connectivity index (χ1n) is 4.90. The Labute approximate surface area is 121 Å². The van der Waals surface area contributed by atoms with Gasteiger partial charge < -0.3 is 0 Å². The summed E-state index contributed by atoms with van der Waals surface area (Å²) in [6, 6.07) is 8.52. The zero-order valence-electron chi connectivity index (χ0n) is 9.22. The van der Waals surface area contributed by atoms with Crippen LogP contribution in [-0.2, 0) is 10.0 Å². The minimum Gasteiger partial charge on any atom is -0.279 e. The van der Waals surface area contributed by atoms with Crippen LogP contribution in [0.3, 0.4) is 0 Å². The first kappa shape index (κ1) is 14.0. The summed E-state index contributed by atoms with van der Waals surface area (Å²) < 4.78 is 39.8. The minimum absolute atomic E-state index is 0.00683. The lowest BCUT2D eigenvalue weighted by Crippen LogP contribution is -2.11. The number of anilines is 1. The number of nitriles is 1. The van der Waals surface area contributed by atoms with Gasteiger partial charge in [-0.3, -0.25) is 4.72 Å². The van der Waals surface area contributed by atoms with Crippen molar-refractivity contribution in [3.05, 3.63) is 45.5 Å². The molecule has 0 saturated carbocycles. The predicted molar refractivity (Wildman–Crippen MR) is 73.9 cm³/mol. The number of nitrogens with zero attached hydrogens (tertiary/aromatic N) is 1. The smallest absolute Gasteiger partial charge is 0.271 e. The monoisotopic (exact) mass is 360 g/mol. The van der Waals surface area contributed by atoms with E-state index in [0.29, 0.717) is 4.88 Å². The molecule has 0 saturated heterocycles. The molecule has 0 spiro atoms. The number of sulfonamides is 1. The predicted octanol–water partition coefficient (Wildman–Crippen LogP) is 3.32. The van der Waals surface area contributed by atoms with E-state index < -0.39 is 15.8 Å². The lowest BCUT2D eigenvalue weighted by molar-refractivity contribution is 0.603. The van der Waals surface area contributed by atoms with Crippen molar-refractivity contribution in [2.24, 2.45) is 0 Å². The van der Waals surface area contributed by atoms with E-state index >= 15 is 0 Å². The standard InChI is InChI=1S/C11H6BrFN2O2S2/c12-9-3-1-7(5-10(9)13)15-19(16,17)11-4-2-8(6-14)18-11/h1-5,15H. The molecule has 0 aliphatic carbocycles. The van der Waals surface area contributed by atoms with Gasteiger partial charge in [0.05, 0.1) is 10.2 Å². The van der Waals surface area contributed by atoms with Gasteiger partial charge >= 0.3 is 0 Å². The Hall–Kier alpha value is -1.43. The van der Waals surface area contributed by atoms with E-state index in [0.717, 1.165) is 17.4 Å². The summed E-state index contributed by atoms with van der Waals surface area (Å²) in [5, 5.41) is 8.66. The Balaban J connectivity index is 2.31. The molecule has 2 aromatic rings. The Kier molecular flexibility index (Phi) is 3.89. The third-order valence-electron chi connectivity index (χ3n) is 2.13. The maximum Gasteiger partial charge on any atom is 0.271 e. The number of hydrogen-bond acceptors (Lipinski definition) is 4. The van der Waals surface area contributed by atoms with Gasteiger partial charge in [-0.05, 0) is 46.3 Å². The highest BCUT2D eigenvalue weighted by molar-refractivity contribution is 9.10. The average Bonchev–Trinajstić information content (AvgIpc) is 2.83. The van der Waals surface area contributed by atoms with E-state index in [-0.39, 0.29) is 14.4 Å². The molecule has 4 nitrogen and oxygen atoms in total. The van der Waals surface area contributed by atoms with E-state index in [1.807, 2.05) is 6.07 Å². The molecule has 0 unspecified atom stereocenters. The second kappa shape index (κ2) is 5.28. The van der Waals surface area contributed by atoms with E-state index in [1.165, 1.54) is 24.3 Å². The molecule has 0 atom stereocenters. The van der Waals surface area contributed by atoms with E-state index in [4.69, 9.17) is 5.26 Å². The number of thiophene rings is 1. The summed E-state index contributed by atoms with van der Waals surface area (Å²) in [7, 11) is -3.80. The maximum atomic E-state index is 13.3. The van der Waals surface area contributed by atoms with Gasteiger partial charge in [0.25, 0.3) is 10.0 Å². The third-order valence-corrected chi connectivity index (χ3v) is 5.63. The fraction of sp³-hybridized carbons (Fsp3) is 0. The second-order valence-corrected chi connectivity index (χ2v) is 7.31. The molecule has 0 fully saturated rings. The highest BCUT2D eigenvalue weighted by Gasteiger charge is 2.17. The fourth-order valence-electron chi connectivity index (χ4n) is 1.29. The second-order valence-electron chi connectivity index (χ2n) is 3.46. The molecule has 1 N–H and O–H groups in total. The van der Waals surface area contributed by atoms with Crippen LogP contribution in [0.15, 0.2) is 39.0 Å². The van der Waals surface area contributed by atoms with Crippen molar-refractivity contribution >= 4 is 43.0 Å². The molecule has 0 aliphatic rings. The van der Waals surface area contributed by atoms with E-state index in [9.17, 15) is 12.8 Å². The SMILES string of the molecule is N#Cc1ccc(S(=O)(=O)Nc2ccc(Br)c(F)c2)s1. The van der Waals surface area contributed by atoms with Gasteiger partial charge in [-0.25, -0.2) is 12.8 Å². The lowest BCUT2D eigenvalue weighted by atomic mass is 10.3. The lowest BCUT2D eigenvalue weighted by Gasteiger charge is -2.06. The highest BCUT2D eigenvalue weighted by atomic mass is 79.9. The topological polar surface area (TPSA) is 70.0 Å². The van der Waals surface area contributed by atoms with Crippen LogP contribution >= 0.6 is 27.3 Å². The summed E-state index contributed by atoms with van der Waals surface area (Å²) >= 11 is 3.83. The summed E-state index contributed by atoms with van der Waals surface area (Å²) in [5.41, 5.74) is 0.118. The zero-order valence-corrected chi connectivity index (χ0v) is 12.4. The van der Waals surface area contributed by atoms with Gasteiger partial charge in [0.1, 0.15) is 21.0 Å². The molecule has 0 aliphatic heterocycles. The molecule has 1 aromatic heterocycles. The van der Waals surface area contributed by atoms with Gasteiger partial charge in [-0.15, -0.1) is 11.3 Å². The van der Waals surface area contributed by atoms with Crippen LogP contribution in [-0.4, -0.2) is 8.42 Å².